The molecule has 1 rings (SSSR count). The summed E-state index contributed by atoms with van der Waals surface area (Å²) in [5, 5.41) is 3.24. The van der Waals surface area contributed by atoms with Crippen molar-refractivity contribution in [2.24, 2.45) is 0 Å². The zero-order valence-electron chi connectivity index (χ0n) is 13.4. The fourth-order valence-electron chi connectivity index (χ4n) is 2.21. The summed E-state index contributed by atoms with van der Waals surface area (Å²) in [5.74, 6) is 1.46. The van der Waals surface area contributed by atoms with Crippen LogP contribution in [-0.4, -0.2) is 33.3 Å². The number of likely N-dealkylation sites (N-methyl/N-ethyl adjacent to an activating group) is 2. The highest BCUT2D eigenvalue weighted by molar-refractivity contribution is 5.61. The Morgan fingerprint density at radius 3 is 2.42 bits per heavy atom. The van der Waals surface area contributed by atoms with Gasteiger partial charge in [-0.1, -0.05) is 19.9 Å². The van der Waals surface area contributed by atoms with Crippen LogP contribution in [0.25, 0.3) is 0 Å². The molecule has 108 valence electrons. The fourth-order valence-corrected chi connectivity index (χ4v) is 2.21. The number of hydrogen-bond donors (Lipinski definition) is 1. The molecule has 0 atom stereocenters. The van der Waals surface area contributed by atoms with E-state index >= 15 is 0 Å². The van der Waals surface area contributed by atoms with Crippen molar-refractivity contribution >= 4 is 5.69 Å². The lowest BCUT2D eigenvalue weighted by atomic mass is 9.99. The van der Waals surface area contributed by atoms with Crippen LogP contribution in [0.15, 0.2) is 18.2 Å². The molecule has 0 heterocycles. The van der Waals surface area contributed by atoms with Gasteiger partial charge in [0.2, 0.25) is 0 Å². The minimum atomic E-state index is 0.0291. The first-order valence-electron chi connectivity index (χ1n) is 6.90. The van der Waals surface area contributed by atoms with Crippen molar-refractivity contribution in [1.29, 1.82) is 0 Å². The predicted octanol–water partition coefficient (Wildman–Crippen LogP) is 3.25. The van der Waals surface area contributed by atoms with Crippen LogP contribution < -0.4 is 15.0 Å². The molecule has 0 bridgehead atoms. The maximum Gasteiger partial charge on any atom is 0.142 e. The lowest BCUT2D eigenvalue weighted by Crippen LogP contribution is -2.48. The molecule has 0 amide bonds. The molecule has 0 unspecified atom stereocenters. The lowest BCUT2D eigenvalue weighted by Gasteiger charge is -2.38. The summed E-state index contributed by atoms with van der Waals surface area (Å²) in [6.45, 7) is 9.75. The SMILES string of the molecule is CNCC(C)(C)N(C)c1ccc(C(C)C)cc1OC. The van der Waals surface area contributed by atoms with Crippen molar-refractivity contribution in [2.75, 3.05) is 32.6 Å². The minimum Gasteiger partial charge on any atom is -0.495 e. The standard InChI is InChI=1S/C16H28N2O/c1-12(2)13-8-9-14(15(10-13)19-7)18(6)16(3,4)11-17-5/h8-10,12,17H,11H2,1-7H3. The molecule has 0 aliphatic rings. The number of rotatable bonds is 6. The van der Waals surface area contributed by atoms with E-state index in [-0.39, 0.29) is 5.54 Å². The van der Waals surface area contributed by atoms with E-state index in [9.17, 15) is 0 Å². The third-order valence-corrected chi connectivity index (χ3v) is 3.75. The van der Waals surface area contributed by atoms with Crippen LogP contribution in [0, 0.1) is 0 Å². The molecule has 3 nitrogen and oxygen atoms in total. The van der Waals surface area contributed by atoms with Crippen LogP contribution in [-0.2, 0) is 0 Å². The van der Waals surface area contributed by atoms with E-state index < -0.39 is 0 Å². The maximum atomic E-state index is 5.57. The lowest BCUT2D eigenvalue weighted by molar-refractivity contribution is 0.404. The van der Waals surface area contributed by atoms with Gasteiger partial charge in [0.25, 0.3) is 0 Å². The molecule has 0 aromatic heterocycles. The second kappa shape index (κ2) is 6.29. The smallest absolute Gasteiger partial charge is 0.142 e. The molecule has 0 aliphatic carbocycles. The highest BCUT2D eigenvalue weighted by Gasteiger charge is 2.25. The molecule has 0 saturated heterocycles. The van der Waals surface area contributed by atoms with Gasteiger partial charge in [-0.05, 0) is 44.5 Å². The van der Waals surface area contributed by atoms with E-state index in [0.29, 0.717) is 5.92 Å². The summed E-state index contributed by atoms with van der Waals surface area (Å²) in [6, 6.07) is 6.49. The number of nitrogens with zero attached hydrogens (tertiary/aromatic N) is 1. The Balaban J connectivity index is 3.12. The van der Waals surface area contributed by atoms with Crippen molar-refractivity contribution in [3.63, 3.8) is 0 Å². The summed E-state index contributed by atoms with van der Waals surface area (Å²) in [7, 11) is 5.83. The Morgan fingerprint density at radius 2 is 1.95 bits per heavy atom. The van der Waals surface area contributed by atoms with E-state index in [4.69, 9.17) is 4.74 Å². The number of methoxy groups -OCH3 is 1. The Hall–Kier alpha value is -1.22. The average Bonchev–Trinajstić information content (AvgIpc) is 2.36. The van der Waals surface area contributed by atoms with Gasteiger partial charge in [-0.15, -0.1) is 0 Å². The minimum absolute atomic E-state index is 0.0291. The van der Waals surface area contributed by atoms with Gasteiger partial charge in [0.15, 0.2) is 0 Å². The largest absolute Gasteiger partial charge is 0.495 e. The molecule has 3 heteroatoms. The first-order chi connectivity index (χ1) is 8.83. The number of ether oxygens (including phenoxy) is 1. The van der Waals surface area contributed by atoms with Gasteiger partial charge in [0.05, 0.1) is 12.8 Å². The van der Waals surface area contributed by atoms with Gasteiger partial charge < -0.3 is 15.0 Å². The second-order valence-electron chi connectivity index (χ2n) is 5.99. The molecule has 0 aliphatic heterocycles. The van der Waals surface area contributed by atoms with Crippen molar-refractivity contribution < 1.29 is 4.74 Å². The molecule has 19 heavy (non-hydrogen) atoms. The molecule has 0 fully saturated rings. The Kier molecular flexibility index (Phi) is 5.24. The zero-order valence-corrected chi connectivity index (χ0v) is 13.4. The first-order valence-corrected chi connectivity index (χ1v) is 6.90. The van der Waals surface area contributed by atoms with Crippen LogP contribution in [0.2, 0.25) is 0 Å². The summed E-state index contributed by atoms with van der Waals surface area (Å²) < 4.78 is 5.57. The van der Waals surface area contributed by atoms with Gasteiger partial charge >= 0.3 is 0 Å². The Morgan fingerprint density at radius 1 is 1.32 bits per heavy atom. The van der Waals surface area contributed by atoms with Gasteiger partial charge in [-0.2, -0.15) is 0 Å². The zero-order chi connectivity index (χ0) is 14.6. The van der Waals surface area contributed by atoms with Gasteiger partial charge in [0.1, 0.15) is 5.75 Å². The molecule has 1 aromatic rings. The summed E-state index contributed by atoms with van der Waals surface area (Å²) in [6.07, 6.45) is 0. The quantitative estimate of drug-likeness (QED) is 0.853. The monoisotopic (exact) mass is 264 g/mol. The van der Waals surface area contributed by atoms with E-state index in [1.54, 1.807) is 7.11 Å². The molecular weight excluding hydrogens is 236 g/mol. The Bertz CT molecular complexity index is 413. The highest BCUT2D eigenvalue weighted by Crippen LogP contribution is 2.34. The molecule has 1 aromatic carbocycles. The van der Waals surface area contributed by atoms with Gasteiger partial charge in [-0.3, -0.25) is 0 Å². The van der Waals surface area contributed by atoms with E-state index in [2.05, 4.69) is 63.2 Å². The maximum absolute atomic E-state index is 5.57. The average molecular weight is 264 g/mol. The van der Waals surface area contributed by atoms with Crippen LogP contribution in [0.1, 0.15) is 39.2 Å². The van der Waals surface area contributed by atoms with Crippen molar-refractivity contribution in [2.45, 2.75) is 39.2 Å². The first kappa shape index (κ1) is 15.8. The van der Waals surface area contributed by atoms with E-state index in [0.717, 1.165) is 18.0 Å². The second-order valence-corrected chi connectivity index (χ2v) is 5.99. The highest BCUT2D eigenvalue weighted by atomic mass is 16.5. The van der Waals surface area contributed by atoms with E-state index in [1.165, 1.54) is 5.56 Å². The van der Waals surface area contributed by atoms with Gasteiger partial charge in [-0.25, -0.2) is 0 Å². The summed E-state index contributed by atoms with van der Waals surface area (Å²) in [5.41, 5.74) is 2.47. The molecule has 0 saturated carbocycles. The summed E-state index contributed by atoms with van der Waals surface area (Å²) in [4.78, 5) is 2.27. The molecule has 0 spiro atoms. The summed E-state index contributed by atoms with van der Waals surface area (Å²) >= 11 is 0. The van der Waals surface area contributed by atoms with Crippen molar-refractivity contribution in [3.05, 3.63) is 23.8 Å². The predicted molar refractivity (Wildman–Crippen MR) is 83.5 cm³/mol. The molecule has 0 radical (unpaired) electrons. The number of benzene rings is 1. The number of hydrogen-bond acceptors (Lipinski definition) is 3. The third-order valence-electron chi connectivity index (χ3n) is 3.75. The number of anilines is 1. The van der Waals surface area contributed by atoms with Crippen LogP contribution >= 0.6 is 0 Å². The van der Waals surface area contributed by atoms with Gasteiger partial charge in [0, 0.05) is 19.1 Å². The van der Waals surface area contributed by atoms with Crippen LogP contribution in [0.4, 0.5) is 5.69 Å². The van der Waals surface area contributed by atoms with E-state index in [1.807, 2.05) is 7.05 Å². The fraction of sp³-hybridized carbons (Fsp3) is 0.625. The van der Waals surface area contributed by atoms with Crippen LogP contribution in [0.5, 0.6) is 5.75 Å². The number of nitrogens with one attached hydrogen (secondary N) is 1. The van der Waals surface area contributed by atoms with Crippen molar-refractivity contribution in [3.8, 4) is 5.75 Å². The molecular formula is C16H28N2O. The normalized spacial score (nSPS) is 11.8. The van der Waals surface area contributed by atoms with Crippen LogP contribution in [0.3, 0.4) is 0 Å². The van der Waals surface area contributed by atoms with Crippen molar-refractivity contribution in [1.82, 2.24) is 5.32 Å². The Labute approximate surface area is 118 Å². The topological polar surface area (TPSA) is 24.5 Å². The third kappa shape index (κ3) is 3.63. The molecule has 1 N–H and O–H groups in total.